The number of aliphatic hydroxyl groups excluding tert-OH is 1. The van der Waals surface area contributed by atoms with Gasteiger partial charge in [0, 0.05) is 12.0 Å². The smallest absolute Gasteiger partial charge is 0.341 e. The van der Waals surface area contributed by atoms with Crippen LogP contribution in [-0.2, 0) is 19.1 Å². The van der Waals surface area contributed by atoms with E-state index in [1.54, 1.807) is 12.1 Å². The van der Waals surface area contributed by atoms with E-state index in [4.69, 9.17) is 15.2 Å². The minimum Gasteiger partial charge on any atom is -0.506 e. The van der Waals surface area contributed by atoms with Crippen LogP contribution in [0, 0.1) is 0 Å². The maximum atomic E-state index is 12.7. The summed E-state index contributed by atoms with van der Waals surface area (Å²) in [4.78, 5) is 24.9. The summed E-state index contributed by atoms with van der Waals surface area (Å²) in [5, 5.41) is 10.9. The van der Waals surface area contributed by atoms with Crippen LogP contribution < -0.4 is 5.73 Å². The molecule has 0 heterocycles. The van der Waals surface area contributed by atoms with Gasteiger partial charge in [-0.05, 0) is 22.8 Å². The molecule has 0 aliphatic heterocycles. The second-order valence-corrected chi connectivity index (χ2v) is 6.35. The number of benzene rings is 2. The number of ether oxygens (including phenoxy) is 2. The Bertz CT molecular complexity index is 962. The Morgan fingerprint density at radius 3 is 2.21 bits per heavy atom. The summed E-state index contributed by atoms with van der Waals surface area (Å²) in [6.45, 7) is 0. The standard InChI is InChI=1S/C22H21NO5/c1-27-21(25)16-12-14-10-6-7-11-15(14)17(18(20(16)24)22(26)28-2)19(23)13-8-4-3-5-9-13/h3-12,17,19,24H,23H2,1-2H3. The summed E-state index contributed by atoms with van der Waals surface area (Å²) < 4.78 is 9.71. The van der Waals surface area contributed by atoms with Crippen LogP contribution in [0.2, 0.25) is 0 Å². The maximum Gasteiger partial charge on any atom is 0.341 e. The van der Waals surface area contributed by atoms with Gasteiger partial charge in [-0.3, -0.25) is 0 Å². The molecule has 28 heavy (non-hydrogen) atoms. The molecule has 3 rings (SSSR count). The molecule has 0 radical (unpaired) electrons. The number of nitrogens with two attached hydrogens (primary N) is 1. The van der Waals surface area contributed by atoms with Crippen LogP contribution in [0.15, 0.2) is 71.5 Å². The van der Waals surface area contributed by atoms with Gasteiger partial charge in [-0.15, -0.1) is 0 Å². The summed E-state index contributed by atoms with van der Waals surface area (Å²) in [6, 6.07) is 15.8. The number of esters is 2. The van der Waals surface area contributed by atoms with E-state index in [0.717, 1.165) is 5.56 Å². The van der Waals surface area contributed by atoms with Crippen LogP contribution in [0.1, 0.15) is 28.7 Å². The van der Waals surface area contributed by atoms with E-state index in [0.29, 0.717) is 11.1 Å². The first-order chi connectivity index (χ1) is 13.5. The van der Waals surface area contributed by atoms with Crippen LogP contribution in [-0.4, -0.2) is 31.3 Å². The molecule has 2 aromatic carbocycles. The van der Waals surface area contributed by atoms with E-state index in [-0.39, 0.29) is 11.1 Å². The molecule has 2 atom stereocenters. The molecule has 6 heteroatoms. The molecule has 0 saturated carbocycles. The third kappa shape index (κ3) is 3.42. The highest BCUT2D eigenvalue weighted by molar-refractivity contribution is 6.03. The van der Waals surface area contributed by atoms with Crippen molar-refractivity contribution in [1.29, 1.82) is 0 Å². The molecule has 0 bridgehead atoms. The van der Waals surface area contributed by atoms with E-state index in [1.807, 2.05) is 42.5 Å². The molecule has 0 saturated heterocycles. The van der Waals surface area contributed by atoms with Gasteiger partial charge in [0.25, 0.3) is 0 Å². The Balaban J connectivity index is 2.30. The average molecular weight is 379 g/mol. The molecule has 6 nitrogen and oxygen atoms in total. The number of aliphatic hydroxyl groups is 1. The molecule has 0 amide bonds. The molecule has 0 fully saturated rings. The molecule has 0 spiro atoms. The fourth-order valence-electron chi connectivity index (χ4n) is 3.44. The van der Waals surface area contributed by atoms with Crippen LogP contribution in [0.5, 0.6) is 0 Å². The molecule has 144 valence electrons. The van der Waals surface area contributed by atoms with Gasteiger partial charge in [-0.2, -0.15) is 0 Å². The van der Waals surface area contributed by atoms with Crippen molar-refractivity contribution in [3.63, 3.8) is 0 Å². The molecule has 1 aliphatic carbocycles. The van der Waals surface area contributed by atoms with Crippen LogP contribution in [0.4, 0.5) is 0 Å². The molecule has 3 N–H and O–H groups in total. The lowest BCUT2D eigenvalue weighted by Gasteiger charge is -2.27. The van der Waals surface area contributed by atoms with E-state index >= 15 is 0 Å². The van der Waals surface area contributed by atoms with Crippen molar-refractivity contribution in [3.05, 3.63) is 88.2 Å². The van der Waals surface area contributed by atoms with Crippen LogP contribution in [0.3, 0.4) is 0 Å². The van der Waals surface area contributed by atoms with Crippen molar-refractivity contribution in [2.24, 2.45) is 5.73 Å². The Labute approximate surface area is 162 Å². The quantitative estimate of drug-likeness (QED) is 0.793. The third-order valence-electron chi connectivity index (χ3n) is 4.81. The normalized spacial score (nSPS) is 17.1. The monoisotopic (exact) mass is 379 g/mol. The van der Waals surface area contributed by atoms with Crippen molar-refractivity contribution in [2.45, 2.75) is 12.0 Å². The van der Waals surface area contributed by atoms with E-state index < -0.39 is 29.7 Å². The van der Waals surface area contributed by atoms with Gasteiger partial charge in [-0.1, -0.05) is 54.6 Å². The number of fused-ring (bicyclic) bond motifs is 1. The zero-order valence-corrected chi connectivity index (χ0v) is 15.6. The number of hydrogen-bond acceptors (Lipinski definition) is 6. The van der Waals surface area contributed by atoms with Crippen molar-refractivity contribution in [3.8, 4) is 0 Å². The maximum absolute atomic E-state index is 12.7. The molecular formula is C22H21NO5. The lowest BCUT2D eigenvalue weighted by molar-refractivity contribution is -0.136. The summed E-state index contributed by atoms with van der Waals surface area (Å²) in [5.41, 5.74) is 8.48. The Kier molecular flexibility index (Phi) is 5.61. The van der Waals surface area contributed by atoms with Gasteiger partial charge in [0.15, 0.2) is 0 Å². The van der Waals surface area contributed by atoms with Gasteiger partial charge in [0.2, 0.25) is 0 Å². The van der Waals surface area contributed by atoms with Crippen molar-refractivity contribution >= 4 is 18.0 Å². The number of methoxy groups -OCH3 is 2. The number of carbonyl (C=O) groups excluding carboxylic acids is 2. The lowest BCUT2D eigenvalue weighted by Crippen LogP contribution is -2.27. The van der Waals surface area contributed by atoms with Crippen molar-refractivity contribution in [1.82, 2.24) is 0 Å². The fourth-order valence-corrected chi connectivity index (χ4v) is 3.44. The first-order valence-electron chi connectivity index (χ1n) is 8.70. The molecule has 0 aromatic heterocycles. The fraction of sp³-hybridized carbons (Fsp3) is 0.182. The largest absolute Gasteiger partial charge is 0.506 e. The third-order valence-corrected chi connectivity index (χ3v) is 4.81. The predicted molar refractivity (Wildman–Crippen MR) is 104 cm³/mol. The SMILES string of the molecule is COC(=O)C1=Cc2ccccc2C(C(N)c2ccccc2)C(C(=O)OC)=C1O. The van der Waals surface area contributed by atoms with Gasteiger partial charge in [-0.25, -0.2) is 9.59 Å². The molecule has 2 unspecified atom stereocenters. The first kappa shape index (κ1) is 19.4. The Hall–Kier alpha value is -3.38. The minimum absolute atomic E-state index is 0.0829. The minimum atomic E-state index is -0.764. The van der Waals surface area contributed by atoms with Crippen molar-refractivity contribution < 1.29 is 24.2 Å². The second-order valence-electron chi connectivity index (χ2n) is 6.35. The summed E-state index contributed by atoms with van der Waals surface area (Å²) >= 11 is 0. The predicted octanol–water partition coefficient (Wildman–Crippen LogP) is 3.03. The van der Waals surface area contributed by atoms with E-state index in [9.17, 15) is 14.7 Å². The summed E-state index contributed by atoms with van der Waals surface area (Å²) in [5.74, 6) is -2.75. The van der Waals surface area contributed by atoms with Gasteiger partial charge < -0.3 is 20.3 Å². The van der Waals surface area contributed by atoms with Gasteiger partial charge in [0.05, 0.1) is 19.8 Å². The highest BCUT2D eigenvalue weighted by Gasteiger charge is 2.38. The highest BCUT2D eigenvalue weighted by atomic mass is 16.5. The summed E-state index contributed by atoms with van der Waals surface area (Å²) in [6.07, 6.45) is 1.50. The molecular weight excluding hydrogens is 358 g/mol. The summed E-state index contributed by atoms with van der Waals surface area (Å²) in [7, 11) is 2.42. The van der Waals surface area contributed by atoms with Crippen molar-refractivity contribution in [2.75, 3.05) is 14.2 Å². The Morgan fingerprint density at radius 2 is 1.57 bits per heavy atom. The van der Waals surface area contributed by atoms with E-state index in [2.05, 4.69) is 0 Å². The van der Waals surface area contributed by atoms with Gasteiger partial charge in [0.1, 0.15) is 11.3 Å². The molecule has 1 aliphatic rings. The number of rotatable bonds is 4. The average Bonchev–Trinajstić information content (AvgIpc) is 2.87. The van der Waals surface area contributed by atoms with Crippen LogP contribution in [0.25, 0.3) is 6.08 Å². The topological polar surface area (TPSA) is 98.9 Å². The zero-order chi connectivity index (χ0) is 20.3. The zero-order valence-electron chi connectivity index (χ0n) is 15.6. The van der Waals surface area contributed by atoms with E-state index in [1.165, 1.54) is 20.3 Å². The molecule has 2 aromatic rings. The number of carbonyl (C=O) groups is 2. The second kappa shape index (κ2) is 8.10. The van der Waals surface area contributed by atoms with Gasteiger partial charge >= 0.3 is 11.9 Å². The number of hydrogen-bond donors (Lipinski definition) is 2. The van der Waals surface area contributed by atoms with Crippen LogP contribution >= 0.6 is 0 Å². The highest BCUT2D eigenvalue weighted by Crippen LogP contribution is 2.42. The Morgan fingerprint density at radius 1 is 0.964 bits per heavy atom. The first-order valence-corrected chi connectivity index (χ1v) is 8.70. The lowest BCUT2D eigenvalue weighted by atomic mass is 9.80.